The first-order chi connectivity index (χ1) is 4.47. The van der Waals surface area contributed by atoms with Gasteiger partial charge >= 0.3 is 0 Å². The molecule has 0 rings (SSSR count). The molecular formula is C4H13NO3S2. The van der Waals surface area contributed by atoms with E-state index in [4.69, 9.17) is 0 Å². The van der Waals surface area contributed by atoms with E-state index in [1.165, 1.54) is 0 Å². The van der Waals surface area contributed by atoms with Crippen LogP contribution in [0.4, 0.5) is 0 Å². The summed E-state index contributed by atoms with van der Waals surface area (Å²) in [4.78, 5) is 0. The predicted molar refractivity (Wildman–Crippen MR) is 42.2 cm³/mol. The Balaban J connectivity index is 0. The molecule has 10 heavy (non-hydrogen) atoms. The maximum Gasteiger partial charge on any atom is 0.0954 e. The van der Waals surface area contributed by atoms with Crippen molar-refractivity contribution >= 4 is 22.7 Å². The Morgan fingerprint density at radius 1 is 1.50 bits per heavy atom. The summed E-state index contributed by atoms with van der Waals surface area (Å²) in [7, 11) is -0.000579. The van der Waals surface area contributed by atoms with Crippen LogP contribution in [0.3, 0.4) is 0 Å². The maximum absolute atomic E-state index is 9.63. The Hall–Kier alpha value is 0.220. The third-order valence-electron chi connectivity index (χ3n) is 0.341. The number of quaternary nitrogens is 1. The molecule has 0 aromatic carbocycles. The normalized spacial score (nSPS) is 10.0. The smallest absolute Gasteiger partial charge is 0.0954 e. The van der Waals surface area contributed by atoms with Crippen LogP contribution in [0, 0.1) is 0 Å². The molecule has 0 aromatic heterocycles. The fourth-order valence-electron chi connectivity index (χ4n) is 0.112. The van der Waals surface area contributed by atoms with Crippen molar-refractivity contribution in [3.8, 4) is 0 Å². The van der Waals surface area contributed by atoms with E-state index >= 15 is 0 Å². The summed E-state index contributed by atoms with van der Waals surface area (Å²) < 4.78 is 28.9. The number of rotatable bonds is 2. The molecule has 0 amide bonds. The van der Waals surface area contributed by atoms with Crippen molar-refractivity contribution in [2.24, 2.45) is 0 Å². The van der Waals surface area contributed by atoms with Gasteiger partial charge < -0.3 is 9.87 Å². The minimum absolute atomic E-state index is 0.103. The summed E-state index contributed by atoms with van der Waals surface area (Å²) in [5.74, 6) is -0.276. The lowest BCUT2D eigenvalue weighted by Crippen LogP contribution is -2.74. The molecule has 0 aliphatic carbocycles. The zero-order valence-corrected chi connectivity index (χ0v) is 7.78. The van der Waals surface area contributed by atoms with Gasteiger partial charge in [0.15, 0.2) is 0 Å². The van der Waals surface area contributed by atoms with Crippen LogP contribution in [-0.4, -0.2) is 38.6 Å². The van der Waals surface area contributed by atoms with Gasteiger partial charge in [-0.3, -0.25) is 0 Å². The first-order valence-electron chi connectivity index (χ1n) is 2.76. The van der Waals surface area contributed by atoms with Crippen LogP contribution in [0.25, 0.3) is 0 Å². The molecule has 0 aliphatic rings. The second-order valence-electron chi connectivity index (χ2n) is 1.56. The van der Waals surface area contributed by atoms with Gasteiger partial charge in [0.25, 0.3) is 0 Å². The highest BCUT2D eigenvalue weighted by atomic mass is 32.2. The standard InChI is InChI=1S/C2H7N.C2H6O3S2/c1-3-2;3-7(4,5)2-1-6/h3H,1-2H3;6H,1-2H2,(H,3,4,5). The minimum atomic E-state index is -4.00. The molecule has 0 aliphatic heterocycles. The van der Waals surface area contributed by atoms with E-state index in [2.05, 4.69) is 12.6 Å². The summed E-state index contributed by atoms with van der Waals surface area (Å²) in [5, 5.41) is 2.00. The van der Waals surface area contributed by atoms with Gasteiger partial charge in [0.2, 0.25) is 0 Å². The van der Waals surface area contributed by atoms with Gasteiger partial charge in [-0.15, -0.1) is 0 Å². The lowest BCUT2D eigenvalue weighted by molar-refractivity contribution is -0.597. The monoisotopic (exact) mass is 187 g/mol. The molecule has 2 N–H and O–H groups in total. The largest absolute Gasteiger partial charge is 0.748 e. The molecule has 0 radical (unpaired) electrons. The van der Waals surface area contributed by atoms with Crippen LogP contribution < -0.4 is 5.32 Å². The number of hydrogen-bond donors (Lipinski definition) is 2. The SMILES string of the molecule is C[NH2+]C.O=S(=O)([O-])CCS. The third kappa shape index (κ3) is 24.1. The fraction of sp³-hybridized carbons (Fsp3) is 1.00. The molecule has 0 saturated carbocycles. The Morgan fingerprint density at radius 2 is 1.80 bits per heavy atom. The second-order valence-corrected chi connectivity index (χ2v) is 3.53. The fourth-order valence-corrected chi connectivity index (χ4v) is 1.01. The molecule has 0 saturated heterocycles. The molecule has 0 heterocycles. The highest BCUT2D eigenvalue weighted by molar-refractivity contribution is 7.87. The van der Waals surface area contributed by atoms with E-state index in [0.29, 0.717) is 0 Å². The zero-order chi connectivity index (χ0) is 8.62. The number of hydrogen-bond acceptors (Lipinski definition) is 4. The Morgan fingerprint density at radius 3 is 1.80 bits per heavy atom. The van der Waals surface area contributed by atoms with Crippen molar-refractivity contribution in [1.82, 2.24) is 0 Å². The van der Waals surface area contributed by atoms with Crippen LogP contribution in [0.5, 0.6) is 0 Å². The van der Waals surface area contributed by atoms with Gasteiger partial charge in [-0.2, -0.15) is 12.6 Å². The molecule has 4 nitrogen and oxygen atoms in total. The van der Waals surface area contributed by atoms with E-state index in [1.54, 1.807) is 0 Å². The van der Waals surface area contributed by atoms with Crippen molar-refractivity contribution in [2.45, 2.75) is 0 Å². The summed E-state index contributed by atoms with van der Waals surface area (Å²) in [6.45, 7) is 0. The first-order valence-corrected chi connectivity index (χ1v) is 4.97. The van der Waals surface area contributed by atoms with Gasteiger partial charge in [-0.1, -0.05) is 0 Å². The van der Waals surface area contributed by atoms with Crippen LogP contribution in [0.2, 0.25) is 0 Å². The summed E-state index contributed by atoms with van der Waals surface area (Å²) in [6, 6.07) is 0. The highest BCUT2D eigenvalue weighted by Crippen LogP contribution is 1.81. The molecule has 64 valence electrons. The van der Waals surface area contributed by atoms with E-state index < -0.39 is 10.1 Å². The third-order valence-corrected chi connectivity index (χ3v) is 1.57. The molecule has 6 heteroatoms. The minimum Gasteiger partial charge on any atom is -0.748 e. The Bertz CT molecular complexity index is 143. The maximum atomic E-state index is 9.63. The average molecular weight is 187 g/mol. The van der Waals surface area contributed by atoms with Gasteiger partial charge in [0.1, 0.15) is 0 Å². The summed E-state index contributed by atoms with van der Waals surface area (Å²) in [6.07, 6.45) is 0. The Labute approximate surface area is 67.2 Å². The molecule has 0 bridgehead atoms. The number of nitrogens with two attached hydrogens (primary N) is 1. The van der Waals surface area contributed by atoms with Gasteiger partial charge in [0.05, 0.1) is 24.2 Å². The molecule has 0 aromatic rings. The highest BCUT2D eigenvalue weighted by Gasteiger charge is 1.87. The predicted octanol–water partition coefficient (Wildman–Crippen LogP) is -1.73. The van der Waals surface area contributed by atoms with E-state index in [1.807, 2.05) is 19.4 Å². The van der Waals surface area contributed by atoms with E-state index in [0.717, 1.165) is 0 Å². The molecule has 0 unspecified atom stereocenters. The first kappa shape index (κ1) is 12.9. The Kier molecular flexibility index (Phi) is 9.42. The van der Waals surface area contributed by atoms with Gasteiger partial charge in [-0.25, -0.2) is 8.42 Å². The van der Waals surface area contributed by atoms with Gasteiger partial charge in [-0.05, 0) is 0 Å². The van der Waals surface area contributed by atoms with Crippen molar-refractivity contribution in [1.29, 1.82) is 0 Å². The van der Waals surface area contributed by atoms with Gasteiger partial charge in [0, 0.05) is 11.5 Å². The lowest BCUT2D eigenvalue weighted by atomic mass is 11.0. The van der Waals surface area contributed by atoms with Crippen LogP contribution in [0.1, 0.15) is 0 Å². The second kappa shape index (κ2) is 7.33. The van der Waals surface area contributed by atoms with Crippen LogP contribution in [-0.2, 0) is 10.1 Å². The van der Waals surface area contributed by atoms with Crippen molar-refractivity contribution in [3.63, 3.8) is 0 Å². The van der Waals surface area contributed by atoms with Crippen molar-refractivity contribution in [3.05, 3.63) is 0 Å². The topological polar surface area (TPSA) is 73.8 Å². The molecular weight excluding hydrogens is 174 g/mol. The van der Waals surface area contributed by atoms with Crippen molar-refractivity contribution < 1.29 is 18.3 Å². The number of thiol groups is 1. The summed E-state index contributed by atoms with van der Waals surface area (Å²) in [5.41, 5.74) is 0. The molecule has 0 fully saturated rings. The van der Waals surface area contributed by atoms with Crippen LogP contribution in [0.15, 0.2) is 0 Å². The van der Waals surface area contributed by atoms with Crippen molar-refractivity contribution in [2.75, 3.05) is 25.6 Å². The molecule has 0 spiro atoms. The zero-order valence-electron chi connectivity index (χ0n) is 6.07. The van der Waals surface area contributed by atoms with E-state index in [9.17, 15) is 13.0 Å². The van der Waals surface area contributed by atoms with Crippen LogP contribution >= 0.6 is 12.6 Å². The molecule has 0 atom stereocenters. The quantitative estimate of drug-likeness (QED) is 0.398. The summed E-state index contributed by atoms with van der Waals surface area (Å²) >= 11 is 3.53. The van der Waals surface area contributed by atoms with E-state index in [-0.39, 0.29) is 11.5 Å². The average Bonchev–Trinajstić information content (AvgIpc) is 1.63. The lowest BCUT2D eigenvalue weighted by Gasteiger charge is -2.00.